The summed E-state index contributed by atoms with van der Waals surface area (Å²) in [5.41, 5.74) is 2.47. The summed E-state index contributed by atoms with van der Waals surface area (Å²) < 4.78 is 60.6. The molecule has 0 spiro atoms. The Kier molecular flexibility index (Phi) is 8.47. The van der Waals surface area contributed by atoms with E-state index in [1.807, 2.05) is 48.5 Å². The van der Waals surface area contributed by atoms with Crippen LogP contribution in [0.3, 0.4) is 0 Å². The fourth-order valence-electron chi connectivity index (χ4n) is 5.49. The molecule has 1 aliphatic carbocycles. The standard InChI is InChI=1S/C32H26F3N3O8/c33-32(34,35)18-6-5-7-19(14-18)45-31(42)44-17-26-25(39)15-28(46-26)38-13-12-27(36-29(38)40)37-30(41)43-16-24-22-10-3-1-8-20(22)21-9-2-4-11-23(21)24/h1-14,24-26,28,39H,15-17H2,(H,36,37,40,41)/t25-,26+,28+/m0/s1. The number of fused-ring (bicyclic) bond motifs is 3. The number of nitrogens with one attached hydrogen (secondary N) is 1. The number of alkyl halides is 3. The Hall–Kier alpha value is -5.21. The Balaban J connectivity index is 1.01. The third-order valence-corrected chi connectivity index (χ3v) is 7.65. The lowest BCUT2D eigenvalue weighted by Crippen LogP contribution is -2.30. The molecule has 0 saturated carbocycles. The van der Waals surface area contributed by atoms with E-state index in [0.29, 0.717) is 6.07 Å². The second kappa shape index (κ2) is 12.7. The molecule has 3 atom stereocenters. The molecule has 3 aromatic carbocycles. The summed E-state index contributed by atoms with van der Waals surface area (Å²) in [6, 6.07) is 20.8. The highest BCUT2D eigenvalue weighted by Gasteiger charge is 2.37. The van der Waals surface area contributed by atoms with Crippen molar-refractivity contribution in [2.75, 3.05) is 18.5 Å². The quantitative estimate of drug-likeness (QED) is 0.199. The maximum absolute atomic E-state index is 12.9. The van der Waals surface area contributed by atoms with Gasteiger partial charge in [0.1, 0.15) is 37.1 Å². The molecule has 6 rings (SSSR count). The zero-order valence-corrected chi connectivity index (χ0v) is 23.8. The number of aromatic nitrogens is 2. The van der Waals surface area contributed by atoms with Gasteiger partial charge in [0.2, 0.25) is 0 Å². The molecule has 2 aliphatic rings. The van der Waals surface area contributed by atoms with Gasteiger partial charge in [-0.15, -0.1) is 0 Å². The van der Waals surface area contributed by atoms with E-state index in [1.54, 1.807) is 0 Å². The largest absolute Gasteiger partial charge is 0.513 e. The van der Waals surface area contributed by atoms with Crippen LogP contribution in [0.25, 0.3) is 11.1 Å². The van der Waals surface area contributed by atoms with Crippen LogP contribution >= 0.6 is 0 Å². The molecular weight excluding hydrogens is 611 g/mol. The normalized spacial score (nSPS) is 18.8. The highest BCUT2D eigenvalue weighted by molar-refractivity contribution is 5.83. The average molecular weight is 638 g/mol. The van der Waals surface area contributed by atoms with Crippen molar-refractivity contribution in [1.82, 2.24) is 9.55 Å². The van der Waals surface area contributed by atoms with Gasteiger partial charge in [-0.05, 0) is 46.5 Å². The number of benzene rings is 3. The van der Waals surface area contributed by atoms with Crippen molar-refractivity contribution < 1.29 is 46.8 Å². The van der Waals surface area contributed by atoms with Gasteiger partial charge in [-0.3, -0.25) is 9.88 Å². The second-order valence-corrected chi connectivity index (χ2v) is 10.6. The molecule has 4 aromatic rings. The highest BCUT2D eigenvalue weighted by atomic mass is 19.4. The van der Waals surface area contributed by atoms with Crippen LogP contribution in [0.15, 0.2) is 89.9 Å². The summed E-state index contributed by atoms with van der Waals surface area (Å²) in [5.74, 6) is -0.589. The number of carbonyl (C=O) groups is 2. The Morgan fingerprint density at radius 3 is 2.33 bits per heavy atom. The molecule has 0 radical (unpaired) electrons. The van der Waals surface area contributed by atoms with Crippen molar-refractivity contribution in [3.05, 3.63) is 112 Å². The number of ether oxygens (including phenoxy) is 4. The van der Waals surface area contributed by atoms with Crippen LogP contribution in [0.2, 0.25) is 0 Å². The highest BCUT2D eigenvalue weighted by Crippen LogP contribution is 2.44. The number of aliphatic hydroxyl groups excluding tert-OH is 1. The van der Waals surface area contributed by atoms with Gasteiger partial charge in [0.05, 0.1) is 11.7 Å². The fraction of sp³-hybridized carbons (Fsp3) is 0.250. The van der Waals surface area contributed by atoms with E-state index < -0.39 is 54.7 Å². The number of aliphatic hydroxyl groups is 1. The lowest BCUT2D eigenvalue weighted by Gasteiger charge is -2.16. The third kappa shape index (κ3) is 6.57. The van der Waals surface area contributed by atoms with Crippen LogP contribution in [-0.4, -0.2) is 52.3 Å². The Morgan fingerprint density at radius 1 is 0.957 bits per heavy atom. The zero-order chi connectivity index (χ0) is 32.4. The van der Waals surface area contributed by atoms with Crippen molar-refractivity contribution in [3.8, 4) is 16.9 Å². The number of rotatable bonds is 7. The Morgan fingerprint density at radius 2 is 1.65 bits per heavy atom. The van der Waals surface area contributed by atoms with Crippen LogP contribution in [-0.2, 0) is 20.4 Å². The van der Waals surface area contributed by atoms with E-state index in [1.165, 1.54) is 12.3 Å². The van der Waals surface area contributed by atoms with Crippen LogP contribution in [0.5, 0.6) is 5.75 Å². The van der Waals surface area contributed by atoms with Gasteiger partial charge in [0, 0.05) is 18.5 Å². The van der Waals surface area contributed by atoms with Crippen molar-refractivity contribution in [3.63, 3.8) is 0 Å². The van der Waals surface area contributed by atoms with E-state index in [4.69, 9.17) is 18.9 Å². The average Bonchev–Trinajstić information content (AvgIpc) is 3.55. The minimum atomic E-state index is -4.62. The number of nitrogens with zero attached hydrogens (tertiary/aromatic N) is 2. The van der Waals surface area contributed by atoms with Gasteiger partial charge in [-0.1, -0.05) is 54.6 Å². The van der Waals surface area contributed by atoms with Gasteiger partial charge in [-0.2, -0.15) is 18.2 Å². The minimum absolute atomic E-state index is 0.0581. The predicted molar refractivity (Wildman–Crippen MR) is 155 cm³/mol. The molecule has 1 fully saturated rings. The first kappa shape index (κ1) is 30.8. The van der Waals surface area contributed by atoms with Gasteiger partial charge < -0.3 is 24.1 Å². The molecule has 46 heavy (non-hydrogen) atoms. The molecule has 238 valence electrons. The lowest BCUT2D eigenvalue weighted by atomic mass is 9.98. The van der Waals surface area contributed by atoms with E-state index in [9.17, 15) is 32.7 Å². The maximum atomic E-state index is 12.9. The molecule has 1 aromatic heterocycles. The minimum Gasteiger partial charge on any atom is -0.448 e. The van der Waals surface area contributed by atoms with Crippen LogP contribution < -0.4 is 15.7 Å². The van der Waals surface area contributed by atoms with Crippen molar-refractivity contribution in [2.45, 2.75) is 37.0 Å². The summed E-state index contributed by atoms with van der Waals surface area (Å²) in [6.07, 6.45) is -8.67. The fourth-order valence-corrected chi connectivity index (χ4v) is 5.49. The summed E-state index contributed by atoms with van der Waals surface area (Å²) in [6.45, 7) is -0.430. The molecular formula is C32H26F3N3O8. The summed E-state index contributed by atoms with van der Waals surface area (Å²) in [4.78, 5) is 41.2. The topological polar surface area (TPSA) is 138 Å². The van der Waals surface area contributed by atoms with Gasteiger partial charge in [0.15, 0.2) is 0 Å². The first-order valence-corrected chi connectivity index (χ1v) is 14.1. The molecule has 0 unspecified atom stereocenters. The molecule has 14 heteroatoms. The Labute approximate surface area is 259 Å². The third-order valence-electron chi connectivity index (χ3n) is 7.65. The van der Waals surface area contributed by atoms with E-state index in [0.717, 1.165) is 45.0 Å². The van der Waals surface area contributed by atoms with Crippen LogP contribution in [0.4, 0.5) is 28.6 Å². The number of halogens is 3. The SMILES string of the molecule is O=C(Nc1ccn([C@H]2C[C@H](O)[C@@H](COC(=O)Oc3cccc(C(F)(F)F)c3)O2)c(=O)n1)OCC1c2ccccc2-c2ccccc21. The number of hydrogen-bond acceptors (Lipinski definition) is 9. The Bertz CT molecular complexity index is 1780. The molecule has 1 aliphatic heterocycles. The number of amides is 1. The maximum Gasteiger partial charge on any atom is 0.513 e. The molecule has 0 bridgehead atoms. The van der Waals surface area contributed by atoms with E-state index >= 15 is 0 Å². The van der Waals surface area contributed by atoms with Crippen LogP contribution in [0.1, 0.15) is 35.3 Å². The first-order valence-electron chi connectivity index (χ1n) is 14.1. The molecule has 11 nitrogen and oxygen atoms in total. The first-order chi connectivity index (χ1) is 22.1. The van der Waals surface area contributed by atoms with Crippen LogP contribution in [0, 0.1) is 0 Å². The van der Waals surface area contributed by atoms with E-state index in [2.05, 4.69) is 10.3 Å². The number of anilines is 1. The smallest absolute Gasteiger partial charge is 0.448 e. The summed E-state index contributed by atoms with van der Waals surface area (Å²) in [5, 5.41) is 12.8. The predicted octanol–water partition coefficient (Wildman–Crippen LogP) is 5.49. The molecule has 1 saturated heterocycles. The summed E-state index contributed by atoms with van der Waals surface area (Å²) in [7, 11) is 0. The molecule has 1 amide bonds. The van der Waals surface area contributed by atoms with Crippen molar-refractivity contribution in [1.29, 1.82) is 0 Å². The lowest BCUT2D eigenvalue weighted by molar-refractivity contribution is -0.137. The van der Waals surface area contributed by atoms with Gasteiger partial charge in [0.25, 0.3) is 0 Å². The monoisotopic (exact) mass is 637 g/mol. The van der Waals surface area contributed by atoms with E-state index in [-0.39, 0.29) is 30.5 Å². The number of hydrogen-bond donors (Lipinski definition) is 2. The van der Waals surface area contributed by atoms with Gasteiger partial charge >= 0.3 is 24.1 Å². The summed E-state index contributed by atoms with van der Waals surface area (Å²) >= 11 is 0. The molecule has 2 heterocycles. The molecule has 2 N–H and O–H groups in total. The van der Waals surface area contributed by atoms with Crippen molar-refractivity contribution >= 4 is 18.1 Å². The van der Waals surface area contributed by atoms with Gasteiger partial charge in [-0.25, -0.2) is 14.4 Å². The second-order valence-electron chi connectivity index (χ2n) is 10.6. The zero-order valence-electron chi connectivity index (χ0n) is 23.8. The van der Waals surface area contributed by atoms with Crippen molar-refractivity contribution in [2.24, 2.45) is 0 Å². The number of carbonyl (C=O) groups excluding carboxylic acids is 2.